The van der Waals surface area contributed by atoms with Gasteiger partial charge in [-0.05, 0) is 35.9 Å². The number of hydrogen-bond donors (Lipinski definition) is 0. The lowest BCUT2D eigenvalue weighted by atomic mass is 9.99. The fraction of sp³-hybridized carbons (Fsp3) is 0. The maximum atomic E-state index is 13.0. The number of halogens is 1. The van der Waals surface area contributed by atoms with E-state index in [1.165, 1.54) is 6.08 Å². The van der Waals surface area contributed by atoms with Gasteiger partial charge in [-0.3, -0.25) is 4.79 Å². The van der Waals surface area contributed by atoms with E-state index in [0.717, 1.165) is 5.56 Å². The smallest absolute Gasteiger partial charge is 0.266 e. The fourth-order valence-corrected chi connectivity index (χ4v) is 3.65. The van der Waals surface area contributed by atoms with Gasteiger partial charge in [0.2, 0.25) is 5.89 Å². The van der Waals surface area contributed by atoms with Crippen molar-refractivity contribution in [2.24, 2.45) is 0 Å². The molecule has 0 radical (unpaired) electrons. The number of ketones is 1. The minimum absolute atomic E-state index is 0.136. The molecule has 5 rings (SSSR count). The molecule has 7 heteroatoms. The molecule has 0 aliphatic heterocycles. The summed E-state index contributed by atoms with van der Waals surface area (Å²) in [4.78, 5) is 17.3. The summed E-state index contributed by atoms with van der Waals surface area (Å²) < 4.78 is 11.5. The first-order chi connectivity index (χ1) is 15.1. The van der Waals surface area contributed by atoms with Crippen molar-refractivity contribution in [3.63, 3.8) is 0 Å². The van der Waals surface area contributed by atoms with Gasteiger partial charge < -0.3 is 8.83 Å². The highest BCUT2D eigenvalue weighted by molar-refractivity contribution is 6.30. The lowest BCUT2D eigenvalue weighted by Gasteiger charge is -2.00. The molecule has 0 amide bonds. The molecule has 4 aromatic rings. The second kappa shape index (κ2) is 7.14. The van der Waals surface area contributed by atoms with Gasteiger partial charge >= 0.3 is 0 Å². The number of aromatic nitrogens is 1. The normalized spacial score (nSPS) is 14.0. The van der Waals surface area contributed by atoms with Crippen molar-refractivity contribution in [1.82, 2.24) is 4.98 Å². The van der Waals surface area contributed by atoms with E-state index in [9.17, 15) is 15.3 Å². The molecule has 1 aliphatic carbocycles. The molecule has 0 saturated heterocycles. The number of fused-ring (bicyclic) bond motifs is 2. The van der Waals surface area contributed by atoms with Crippen LogP contribution in [0.3, 0.4) is 0 Å². The largest absolute Gasteiger partial charge is 0.436 e. The summed E-state index contributed by atoms with van der Waals surface area (Å²) in [5, 5.41) is 19.4. The Bertz CT molecular complexity index is 1480. The van der Waals surface area contributed by atoms with Crippen molar-refractivity contribution in [2.75, 3.05) is 0 Å². The van der Waals surface area contributed by atoms with Crippen LogP contribution in [-0.4, -0.2) is 10.8 Å². The van der Waals surface area contributed by atoms with E-state index in [4.69, 9.17) is 20.4 Å². The van der Waals surface area contributed by atoms with Crippen molar-refractivity contribution >= 4 is 40.3 Å². The zero-order valence-electron chi connectivity index (χ0n) is 15.7. The highest BCUT2D eigenvalue weighted by Crippen LogP contribution is 2.40. The third-order valence-corrected chi connectivity index (χ3v) is 5.17. The quantitative estimate of drug-likeness (QED) is 0.297. The van der Waals surface area contributed by atoms with E-state index in [1.807, 2.05) is 12.1 Å². The highest BCUT2D eigenvalue weighted by atomic mass is 35.5. The Morgan fingerprint density at radius 3 is 2.39 bits per heavy atom. The number of rotatable bonds is 2. The summed E-state index contributed by atoms with van der Waals surface area (Å²) in [7, 11) is 0. The first-order valence-corrected chi connectivity index (χ1v) is 9.54. The Morgan fingerprint density at radius 2 is 1.71 bits per heavy atom. The summed E-state index contributed by atoms with van der Waals surface area (Å²) in [6.07, 6.45) is 1.51. The molecule has 0 N–H and O–H groups in total. The van der Waals surface area contributed by atoms with Crippen LogP contribution in [0.25, 0.3) is 34.4 Å². The summed E-state index contributed by atoms with van der Waals surface area (Å²) >= 11 is 5.91. The monoisotopic (exact) mass is 423 g/mol. The molecule has 146 valence electrons. The van der Waals surface area contributed by atoms with E-state index in [0.29, 0.717) is 39.0 Å². The van der Waals surface area contributed by atoms with E-state index >= 15 is 0 Å². The number of carbonyl (C=O) groups is 1. The number of hydrogen-bond acceptors (Lipinski definition) is 6. The molecule has 0 unspecified atom stereocenters. The van der Waals surface area contributed by atoms with E-state index in [2.05, 4.69) is 4.98 Å². The first-order valence-electron chi connectivity index (χ1n) is 9.16. The maximum absolute atomic E-state index is 13.0. The summed E-state index contributed by atoms with van der Waals surface area (Å²) in [6.45, 7) is 0. The third kappa shape index (κ3) is 3.03. The van der Waals surface area contributed by atoms with Crippen molar-refractivity contribution < 1.29 is 13.6 Å². The molecule has 0 bridgehead atoms. The van der Waals surface area contributed by atoms with Gasteiger partial charge in [-0.15, -0.1) is 0 Å². The lowest BCUT2D eigenvalue weighted by Crippen LogP contribution is -1.95. The number of nitrogens with zero attached hydrogens (tertiary/aromatic N) is 3. The van der Waals surface area contributed by atoms with Crippen molar-refractivity contribution in [3.8, 4) is 23.6 Å². The molecule has 1 aliphatic rings. The molecule has 6 nitrogen and oxygen atoms in total. The molecule has 2 aromatic heterocycles. The van der Waals surface area contributed by atoms with Crippen LogP contribution in [0.1, 0.15) is 21.7 Å². The second-order valence-corrected chi connectivity index (χ2v) is 7.19. The summed E-state index contributed by atoms with van der Waals surface area (Å²) in [6, 6.07) is 19.3. The van der Waals surface area contributed by atoms with E-state index in [1.54, 1.807) is 54.6 Å². The highest BCUT2D eigenvalue weighted by Gasteiger charge is 2.32. The van der Waals surface area contributed by atoms with Gasteiger partial charge in [-0.2, -0.15) is 15.5 Å². The molecular weight excluding hydrogens is 414 g/mol. The van der Waals surface area contributed by atoms with E-state index in [-0.39, 0.29) is 22.6 Å². The van der Waals surface area contributed by atoms with Crippen LogP contribution in [0.2, 0.25) is 5.02 Å². The molecule has 2 heterocycles. The fourth-order valence-electron chi connectivity index (χ4n) is 3.53. The topological polar surface area (TPSA) is 104 Å². The Kier molecular flexibility index (Phi) is 4.29. The predicted molar refractivity (Wildman–Crippen MR) is 114 cm³/mol. The average Bonchev–Trinajstić information content (AvgIpc) is 3.42. The molecule has 0 fully saturated rings. The van der Waals surface area contributed by atoms with Crippen LogP contribution in [-0.2, 0) is 0 Å². The Balaban J connectivity index is 1.60. The number of carbonyl (C=O) groups excluding carboxylic acids is 1. The average molecular weight is 424 g/mol. The Labute approximate surface area is 180 Å². The van der Waals surface area contributed by atoms with Crippen molar-refractivity contribution in [2.45, 2.75) is 0 Å². The molecule has 0 atom stereocenters. The van der Waals surface area contributed by atoms with Gasteiger partial charge in [0.1, 0.15) is 23.5 Å². The van der Waals surface area contributed by atoms with Gasteiger partial charge in [0.15, 0.2) is 11.4 Å². The number of nitriles is 2. The van der Waals surface area contributed by atoms with Crippen LogP contribution < -0.4 is 0 Å². The zero-order valence-corrected chi connectivity index (χ0v) is 16.5. The predicted octanol–water partition coefficient (Wildman–Crippen LogP) is 5.82. The third-order valence-electron chi connectivity index (χ3n) is 4.91. The van der Waals surface area contributed by atoms with Crippen molar-refractivity contribution in [1.29, 1.82) is 10.5 Å². The van der Waals surface area contributed by atoms with Crippen LogP contribution >= 0.6 is 11.6 Å². The second-order valence-electron chi connectivity index (χ2n) is 6.75. The van der Waals surface area contributed by atoms with Crippen molar-refractivity contribution in [3.05, 3.63) is 87.7 Å². The molecule has 2 aromatic carbocycles. The lowest BCUT2D eigenvalue weighted by molar-refractivity contribution is 0.104. The Morgan fingerprint density at radius 1 is 1.00 bits per heavy atom. The summed E-state index contributed by atoms with van der Waals surface area (Å²) in [5.74, 6) is 0.426. The zero-order chi connectivity index (χ0) is 21.5. The Hall–Kier alpha value is -4.39. The van der Waals surface area contributed by atoms with Crippen LogP contribution in [0.5, 0.6) is 0 Å². The summed E-state index contributed by atoms with van der Waals surface area (Å²) in [5.41, 5.74) is 2.79. The van der Waals surface area contributed by atoms with Crippen LogP contribution in [0, 0.1) is 22.7 Å². The van der Waals surface area contributed by atoms with Gasteiger partial charge in [0, 0.05) is 33.4 Å². The number of furan rings is 1. The van der Waals surface area contributed by atoms with Gasteiger partial charge in [-0.1, -0.05) is 35.9 Å². The number of allylic oxidation sites excluding steroid dienone is 3. The van der Waals surface area contributed by atoms with Gasteiger partial charge in [0.25, 0.3) is 5.71 Å². The molecule has 0 saturated carbocycles. The number of oxazole rings is 1. The number of benzene rings is 2. The minimum Gasteiger partial charge on any atom is -0.436 e. The standard InChI is InChI=1S/C24H10ClN3O3/c25-15-7-5-13(6-8-15)23-28-24-20(31-23)10-16(30-24)9-19-21(14(11-26)12-27)17-3-1-2-4-18(17)22(19)29/h1-10H/b19-9-. The van der Waals surface area contributed by atoms with Gasteiger partial charge in [-0.25, -0.2) is 0 Å². The first kappa shape index (κ1) is 18.6. The number of Topliss-reactive ketones (excluding diaryl/α,β-unsaturated/α-hetero) is 1. The molecule has 0 spiro atoms. The van der Waals surface area contributed by atoms with E-state index < -0.39 is 0 Å². The SMILES string of the molecule is N#CC(C#N)=C1/C(=C/c2cc3oc(-c4ccc(Cl)cc4)nc3o2)C(=O)c2ccccc21. The molecular formula is C24H10ClN3O3. The molecule has 31 heavy (non-hydrogen) atoms. The van der Waals surface area contributed by atoms with Crippen LogP contribution in [0.15, 0.2) is 74.6 Å². The minimum atomic E-state index is -0.281. The van der Waals surface area contributed by atoms with Gasteiger partial charge in [0.05, 0.1) is 0 Å². The maximum Gasteiger partial charge on any atom is 0.266 e. The van der Waals surface area contributed by atoms with Crippen LogP contribution in [0.4, 0.5) is 0 Å².